The zero-order valence-electron chi connectivity index (χ0n) is 9.11. The van der Waals surface area contributed by atoms with Crippen LogP contribution in [0, 0.1) is 0 Å². The van der Waals surface area contributed by atoms with Gasteiger partial charge in [-0.05, 0) is 29.8 Å². The molecule has 0 aliphatic heterocycles. The van der Waals surface area contributed by atoms with Crippen LogP contribution >= 0.6 is 15.9 Å². The van der Waals surface area contributed by atoms with Crippen LogP contribution in [0.1, 0.15) is 13.8 Å². The Balaban J connectivity index is 2.57. The van der Waals surface area contributed by atoms with E-state index in [-0.39, 0.29) is 0 Å². The summed E-state index contributed by atoms with van der Waals surface area (Å²) in [6.45, 7) is 7.35. The molecule has 1 aromatic rings. The van der Waals surface area contributed by atoms with Crippen LogP contribution in [0.3, 0.4) is 0 Å². The molecular weight excluding hydrogens is 258 g/mol. The van der Waals surface area contributed by atoms with Gasteiger partial charge < -0.3 is 9.64 Å². The SMILES string of the molecule is CCOCCN(CC)c1cc(Br)ncn1. The highest BCUT2D eigenvalue weighted by molar-refractivity contribution is 9.10. The Hall–Kier alpha value is -0.680. The predicted molar refractivity (Wildman–Crippen MR) is 64.1 cm³/mol. The van der Waals surface area contributed by atoms with Crippen molar-refractivity contribution in [2.24, 2.45) is 0 Å². The lowest BCUT2D eigenvalue weighted by atomic mass is 10.4. The molecule has 0 N–H and O–H groups in total. The van der Waals surface area contributed by atoms with Gasteiger partial charge in [-0.25, -0.2) is 9.97 Å². The summed E-state index contributed by atoms with van der Waals surface area (Å²) in [5.41, 5.74) is 0. The average molecular weight is 274 g/mol. The first-order valence-electron chi connectivity index (χ1n) is 5.08. The van der Waals surface area contributed by atoms with E-state index in [2.05, 4.69) is 37.7 Å². The molecule has 0 fully saturated rings. The maximum Gasteiger partial charge on any atom is 0.133 e. The van der Waals surface area contributed by atoms with E-state index in [1.807, 2.05) is 13.0 Å². The maximum atomic E-state index is 5.32. The van der Waals surface area contributed by atoms with Crippen LogP contribution in [0.2, 0.25) is 0 Å². The number of nitrogens with zero attached hydrogens (tertiary/aromatic N) is 3. The van der Waals surface area contributed by atoms with Crippen LogP contribution in [-0.2, 0) is 4.74 Å². The molecule has 1 rings (SSSR count). The smallest absolute Gasteiger partial charge is 0.133 e. The standard InChI is InChI=1S/C10H16BrN3O/c1-3-14(5-6-15-4-2)10-7-9(11)12-8-13-10/h7-8H,3-6H2,1-2H3. The molecule has 5 heteroatoms. The molecule has 1 aromatic heterocycles. The molecule has 4 nitrogen and oxygen atoms in total. The molecular formula is C10H16BrN3O. The van der Waals surface area contributed by atoms with Gasteiger partial charge in [-0.3, -0.25) is 0 Å². The number of aromatic nitrogens is 2. The van der Waals surface area contributed by atoms with E-state index < -0.39 is 0 Å². The first-order valence-corrected chi connectivity index (χ1v) is 5.87. The van der Waals surface area contributed by atoms with Gasteiger partial charge in [0.1, 0.15) is 16.7 Å². The van der Waals surface area contributed by atoms with E-state index in [1.165, 1.54) is 0 Å². The van der Waals surface area contributed by atoms with E-state index in [4.69, 9.17) is 4.74 Å². The van der Waals surface area contributed by atoms with Gasteiger partial charge in [-0.1, -0.05) is 0 Å². The fourth-order valence-corrected chi connectivity index (χ4v) is 1.55. The van der Waals surface area contributed by atoms with Gasteiger partial charge in [0, 0.05) is 25.8 Å². The molecule has 0 atom stereocenters. The summed E-state index contributed by atoms with van der Waals surface area (Å²) in [7, 11) is 0. The van der Waals surface area contributed by atoms with Crippen molar-refractivity contribution >= 4 is 21.7 Å². The Bertz CT molecular complexity index is 296. The van der Waals surface area contributed by atoms with E-state index in [9.17, 15) is 0 Å². The second-order valence-electron chi connectivity index (χ2n) is 2.98. The van der Waals surface area contributed by atoms with E-state index in [1.54, 1.807) is 6.33 Å². The molecule has 0 saturated heterocycles. The van der Waals surface area contributed by atoms with Gasteiger partial charge >= 0.3 is 0 Å². The van der Waals surface area contributed by atoms with Crippen molar-refractivity contribution in [2.45, 2.75) is 13.8 Å². The molecule has 0 saturated carbocycles. The summed E-state index contributed by atoms with van der Waals surface area (Å²) in [6, 6.07) is 1.91. The van der Waals surface area contributed by atoms with E-state index >= 15 is 0 Å². The summed E-state index contributed by atoms with van der Waals surface area (Å²) in [4.78, 5) is 10.4. The minimum Gasteiger partial charge on any atom is -0.380 e. The van der Waals surface area contributed by atoms with Gasteiger partial charge in [-0.2, -0.15) is 0 Å². The second-order valence-corrected chi connectivity index (χ2v) is 3.79. The number of rotatable bonds is 6. The van der Waals surface area contributed by atoms with Crippen molar-refractivity contribution in [3.63, 3.8) is 0 Å². The second kappa shape index (κ2) is 6.74. The molecule has 0 aromatic carbocycles. The number of hydrogen-bond donors (Lipinski definition) is 0. The molecule has 0 bridgehead atoms. The van der Waals surface area contributed by atoms with Crippen molar-refractivity contribution in [3.05, 3.63) is 17.0 Å². The highest BCUT2D eigenvalue weighted by Crippen LogP contribution is 2.13. The van der Waals surface area contributed by atoms with Crippen LogP contribution in [0.25, 0.3) is 0 Å². The van der Waals surface area contributed by atoms with Crippen molar-refractivity contribution < 1.29 is 4.74 Å². The van der Waals surface area contributed by atoms with Crippen molar-refractivity contribution in [1.82, 2.24) is 9.97 Å². The average Bonchev–Trinajstić information content (AvgIpc) is 2.24. The van der Waals surface area contributed by atoms with Crippen molar-refractivity contribution in [1.29, 1.82) is 0 Å². The monoisotopic (exact) mass is 273 g/mol. The summed E-state index contributed by atoms with van der Waals surface area (Å²) in [5, 5.41) is 0. The highest BCUT2D eigenvalue weighted by atomic mass is 79.9. The zero-order chi connectivity index (χ0) is 11.1. The van der Waals surface area contributed by atoms with Crippen LogP contribution in [0.5, 0.6) is 0 Å². The van der Waals surface area contributed by atoms with Crippen molar-refractivity contribution in [2.75, 3.05) is 31.2 Å². The Labute approximate surface area is 98.8 Å². The molecule has 1 heterocycles. The molecule has 0 unspecified atom stereocenters. The van der Waals surface area contributed by atoms with Gasteiger partial charge in [-0.15, -0.1) is 0 Å². The summed E-state index contributed by atoms with van der Waals surface area (Å²) >= 11 is 3.33. The Morgan fingerprint density at radius 2 is 2.20 bits per heavy atom. The Morgan fingerprint density at radius 1 is 1.40 bits per heavy atom. The number of halogens is 1. The first kappa shape index (κ1) is 12.4. The van der Waals surface area contributed by atoms with Gasteiger partial charge in [0.25, 0.3) is 0 Å². The fourth-order valence-electron chi connectivity index (χ4n) is 1.25. The van der Waals surface area contributed by atoms with Gasteiger partial charge in [0.05, 0.1) is 6.61 Å². The summed E-state index contributed by atoms with van der Waals surface area (Å²) in [6.07, 6.45) is 1.56. The summed E-state index contributed by atoms with van der Waals surface area (Å²) < 4.78 is 6.13. The lowest BCUT2D eigenvalue weighted by molar-refractivity contribution is 0.154. The third-order valence-electron chi connectivity index (χ3n) is 2.03. The van der Waals surface area contributed by atoms with Gasteiger partial charge in [0.15, 0.2) is 0 Å². The highest BCUT2D eigenvalue weighted by Gasteiger charge is 2.05. The van der Waals surface area contributed by atoms with Crippen LogP contribution < -0.4 is 4.90 Å². The minimum atomic E-state index is 0.728. The largest absolute Gasteiger partial charge is 0.380 e. The molecule has 0 spiro atoms. The number of ether oxygens (including phenoxy) is 1. The molecule has 0 radical (unpaired) electrons. The third-order valence-corrected chi connectivity index (χ3v) is 2.47. The molecule has 0 aliphatic carbocycles. The van der Waals surface area contributed by atoms with E-state index in [0.29, 0.717) is 0 Å². The summed E-state index contributed by atoms with van der Waals surface area (Å²) in [5.74, 6) is 0.930. The molecule has 0 amide bonds. The normalized spacial score (nSPS) is 10.3. The molecule has 0 aliphatic rings. The third kappa shape index (κ3) is 4.13. The fraction of sp³-hybridized carbons (Fsp3) is 0.600. The van der Waals surface area contributed by atoms with Gasteiger partial charge in [0.2, 0.25) is 0 Å². The minimum absolute atomic E-state index is 0.728. The predicted octanol–water partition coefficient (Wildman–Crippen LogP) is 2.10. The zero-order valence-corrected chi connectivity index (χ0v) is 10.7. The van der Waals surface area contributed by atoms with Crippen LogP contribution in [0.15, 0.2) is 17.0 Å². The molecule has 15 heavy (non-hydrogen) atoms. The van der Waals surface area contributed by atoms with Crippen LogP contribution in [0.4, 0.5) is 5.82 Å². The Morgan fingerprint density at radius 3 is 2.80 bits per heavy atom. The molecule has 84 valence electrons. The maximum absolute atomic E-state index is 5.32. The first-order chi connectivity index (χ1) is 7.27. The van der Waals surface area contributed by atoms with Crippen LogP contribution in [-0.4, -0.2) is 36.3 Å². The lowest BCUT2D eigenvalue weighted by Gasteiger charge is -2.21. The number of anilines is 1. The number of hydrogen-bond acceptors (Lipinski definition) is 4. The lowest BCUT2D eigenvalue weighted by Crippen LogP contribution is -2.28. The quantitative estimate of drug-likeness (QED) is 0.588. The number of likely N-dealkylation sites (N-methyl/N-ethyl adjacent to an activating group) is 1. The van der Waals surface area contributed by atoms with E-state index in [0.717, 1.165) is 36.7 Å². The van der Waals surface area contributed by atoms with Crippen molar-refractivity contribution in [3.8, 4) is 0 Å². The topological polar surface area (TPSA) is 38.2 Å². The Kier molecular flexibility index (Phi) is 5.57.